The van der Waals surface area contributed by atoms with Crippen molar-refractivity contribution >= 4 is 27.3 Å². The molecule has 0 N–H and O–H groups in total. The lowest BCUT2D eigenvalue weighted by molar-refractivity contribution is 0.312. The Bertz CT molecular complexity index is 547. The van der Waals surface area contributed by atoms with Crippen LogP contribution in [0.4, 0.5) is 0 Å². The van der Waals surface area contributed by atoms with Gasteiger partial charge in [-0.05, 0) is 36.2 Å². The molecule has 0 fully saturated rings. The summed E-state index contributed by atoms with van der Waals surface area (Å²) in [5.74, 6) is 0. The zero-order valence-corrected chi connectivity index (χ0v) is 16.4. The van der Waals surface area contributed by atoms with Crippen LogP contribution < -0.4 is 4.74 Å². The molecule has 1 aromatic carbocycles. The number of halogens is 1. The molecule has 0 amide bonds. The van der Waals surface area contributed by atoms with E-state index in [1.165, 1.54) is 61.8 Å². The second kappa shape index (κ2) is 10.9. The Morgan fingerprint density at radius 2 is 1.48 bits per heavy atom. The average Bonchev–Trinajstić information content (AvgIpc) is 3.03. The molecule has 2 aromatic rings. The average molecular weight is 395 g/mol. The summed E-state index contributed by atoms with van der Waals surface area (Å²) in [6.07, 6.45) is 10.7. The van der Waals surface area contributed by atoms with E-state index >= 15 is 0 Å². The van der Waals surface area contributed by atoms with Crippen molar-refractivity contribution in [3.63, 3.8) is 0 Å². The van der Waals surface area contributed by atoms with Gasteiger partial charge in [-0.2, -0.15) is 0 Å². The first-order valence-electron chi connectivity index (χ1n) is 8.78. The van der Waals surface area contributed by atoms with E-state index in [1.807, 2.05) is 0 Å². The highest BCUT2D eigenvalue weighted by atomic mass is 79.9. The fourth-order valence-electron chi connectivity index (χ4n) is 2.58. The van der Waals surface area contributed by atoms with Crippen molar-refractivity contribution in [2.75, 3.05) is 6.61 Å². The van der Waals surface area contributed by atoms with Gasteiger partial charge in [-0.25, -0.2) is 0 Å². The molecule has 0 atom stereocenters. The maximum atomic E-state index is 5.89. The lowest BCUT2D eigenvalue weighted by Gasteiger charge is -2.04. The molecule has 0 saturated carbocycles. The molecule has 126 valence electrons. The van der Waals surface area contributed by atoms with Crippen LogP contribution in [0.1, 0.15) is 58.3 Å². The SMILES string of the molecule is CCCCCCCCCCOc1ccc(-c2ccc(Br)cc2)s1. The minimum absolute atomic E-state index is 0.843. The normalized spacial score (nSPS) is 10.9. The molecule has 0 saturated heterocycles. The van der Waals surface area contributed by atoms with Crippen LogP contribution in [0.2, 0.25) is 0 Å². The van der Waals surface area contributed by atoms with Crippen molar-refractivity contribution in [1.82, 2.24) is 0 Å². The minimum atomic E-state index is 0.843. The van der Waals surface area contributed by atoms with Crippen molar-refractivity contribution in [1.29, 1.82) is 0 Å². The number of benzene rings is 1. The third-order valence-corrected chi connectivity index (χ3v) is 5.53. The number of hydrogen-bond acceptors (Lipinski definition) is 2. The van der Waals surface area contributed by atoms with Crippen LogP contribution in [0.15, 0.2) is 40.9 Å². The van der Waals surface area contributed by atoms with Crippen LogP contribution in [0.3, 0.4) is 0 Å². The lowest BCUT2D eigenvalue weighted by Crippen LogP contribution is -1.95. The first-order chi connectivity index (χ1) is 11.3. The van der Waals surface area contributed by atoms with Crippen LogP contribution in [0.25, 0.3) is 10.4 Å². The van der Waals surface area contributed by atoms with Crippen molar-refractivity contribution in [3.8, 4) is 15.5 Å². The van der Waals surface area contributed by atoms with E-state index in [0.29, 0.717) is 0 Å². The van der Waals surface area contributed by atoms with Gasteiger partial charge in [0.25, 0.3) is 0 Å². The van der Waals surface area contributed by atoms with Gasteiger partial charge < -0.3 is 4.74 Å². The van der Waals surface area contributed by atoms with Crippen LogP contribution in [-0.2, 0) is 0 Å². The van der Waals surface area contributed by atoms with E-state index in [2.05, 4.69) is 59.3 Å². The molecular formula is C20H27BrOS. The molecule has 23 heavy (non-hydrogen) atoms. The second-order valence-corrected chi connectivity index (χ2v) is 7.91. The van der Waals surface area contributed by atoms with Gasteiger partial charge in [-0.15, -0.1) is 0 Å². The first kappa shape index (κ1) is 18.5. The summed E-state index contributed by atoms with van der Waals surface area (Å²) < 4.78 is 7.00. The molecule has 3 heteroatoms. The summed E-state index contributed by atoms with van der Waals surface area (Å²) >= 11 is 5.21. The minimum Gasteiger partial charge on any atom is -0.484 e. The van der Waals surface area contributed by atoms with Gasteiger partial charge in [0.2, 0.25) is 0 Å². The van der Waals surface area contributed by atoms with Gasteiger partial charge in [0.1, 0.15) is 0 Å². The van der Waals surface area contributed by atoms with Crippen molar-refractivity contribution < 1.29 is 4.74 Å². The smallest absolute Gasteiger partial charge is 0.174 e. The molecular weight excluding hydrogens is 368 g/mol. The van der Waals surface area contributed by atoms with Crippen molar-refractivity contribution in [2.45, 2.75) is 58.3 Å². The molecule has 2 rings (SSSR count). The van der Waals surface area contributed by atoms with Crippen LogP contribution in [0, 0.1) is 0 Å². The van der Waals surface area contributed by atoms with E-state index in [4.69, 9.17) is 4.74 Å². The molecule has 0 radical (unpaired) electrons. The molecule has 1 heterocycles. The van der Waals surface area contributed by atoms with Crippen molar-refractivity contribution in [2.24, 2.45) is 0 Å². The van der Waals surface area contributed by atoms with E-state index < -0.39 is 0 Å². The summed E-state index contributed by atoms with van der Waals surface area (Å²) in [6.45, 7) is 3.11. The standard InChI is InChI=1S/C20H27BrOS/c1-2-3-4-5-6-7-8-9-16-22-20-15-14-19(23-20)17-10-12-18(21)13-11-17/h10-15H,2-9,16H2,1H3. The first-order valence-corrected chi connectivity index (χ1v) is 10.4. The van der Waals surface area contributed by atoms with Gasteiger partial charge in [-0.1, -0.05) is 91.3 Å². The zero-order valence-electron chi connectivity index (χ0n) is 14.0. The summed E-state index contributed by atoms with van der Waals surface area (Å²) in [5.41, 5.74) is 1.25. The van der Waals surface area contributed by atoms with Crippen molar-refractivity contribution in [3.05, 3.63) is 40.9 Å². The zero-order chi connectivity index (χ0) is 16.3. The number of unbranched alkanes of at least 4 members (excludes halogenated alkanes) is 7. The highest BCUT2D eigenvalue weighted by molar-refractivity contribution is 9.10. The number of ether oxygens (including phenoxy) is 1. The quantitative estimate of drug-likeness (QED) is 0.354. The third kappa shape index (κ3) is 7.09. The van der Waals surface area contributed by atoms with Gasteiger partial charge in [0.15, 0.2) is 5.06 Å². The Hall–Kier alpha value is -0.800. The Balaban J connectivity index is 1.61. The van der Waals surface area contributed by atoms with Gasteiger partial charge in [0, 0.05) is 9.35 Å². The molecule has 1 aromatic heterocycles. The fraction of sp³-hybridized carbons (Fsp3) is 0.500. The summed E-state index contributed by atoms with van der Waals surface area (Å²) in [6, 6.07) is 12.7. The summed E-state index contributed by atoms with van der Waals surface area (Å²) in [5, 5.41) is 1.03. The second-order valence-electron chi connectivity index (χ2n) is 5.95. The Kier molecular flexibility index (Phi) is 8.77. The lowest BCUT2D eigenvalue weighted by atomic mass is 10.1. The Morgan fingerprint density at radius 1 is 0.826 bits per heavy atom. The molecule has 0 aliphatic rings. The largest absolute Gasteiger partial charge is 0.484 e. The molecule has 0 aliphatic carbocycles. The summed E-state index contributed by atoms with van der Waals surface area (Å²) in [4.78, 5) is 1.27. The molecule has 0 unspecified atom stereocenters. The van der Waals surface area contributed by atoms with E-state index in [0.717, 1.165) is 16.1 Å². The number of rotatable bonds is 11. The van der Waals surface area contributed by atoms with Crippen LogP contribution in [-0.4, -0.2) is 6.61 Å². The molecule has 0 aliphatic heterocycles. The molecule has 0 spiro atoms. The molecule has 1 nitrogen and oxygen atoms in total. The van der Waals surface area contributed by atoms with E-state index in [1.54, 1.807) is 11.3 Å². The number of hydrogen-bond donors (Lipinski definition) is 0. The summed E-state index contributed by atoms with van der Waals surface area (Å²) in [7, 11) is 0. The highest BCUT2D eigenvalue weighted by Crippen LogP contribution is 2.33. The molecule has 0 bridgehead atoms. The van der Waals surface area contributed by atoms with E-state index in [-0.39, 0.29) is 0 Å². The Morgan fingerprint density at radius 3 is 2.17 bits per heavy atom. The predicted molar refractivity (Wildman–Crippen MR) is 106 cm³/mol. The van der Waals surface area contributed by atoms with Gasteiger partial charge in [-0.3, -0.25) is 0 Å². The Labute approximate surface area is 153 Å². The van der Waals surface area contributed by atoms with Gasteiger partial charge >= 0.3 is 0 Å². The van der Waals surface area contributed by atoms with Crippen LogP contribution >= 0.6 is 27.3 Å². The topological polar surface area (TPSA) is 9.23 Å². The predicted octanol–water partition coefficient (Wildman–Crippen LogP) is 7.70. The van der Waals surface area contributed by atoms with E-state index in [9.17, 15) is 0 Å². The monoisotopic (exact) mass is 394 g/mol. The van der Waals surface area contributed by atoms with Crippen LogP contribution in [0.5, 0.6) is 5.06 Å². The van der Waals surface area contributed by atoms with Gasteiger partial charge in [0.05, 0.1) is 6.61 Å². The highest BCUT2D eigenvalue weighted by Gasteiger charge is 2.03. The number of thiophene rings is 1. The third-order valence-electron chi connectivity index (χ3n) is 3.95. The fourth-order valence-corrected chi connectivity index (χ4v) is 3.73. The maximum Gasteiger partial charge on any atom is 0.174 e. The maximum absolute atomic E-state index is 5.89.